The molecule has 0 spiro atoms. The van der Waals surface area contributed by atoms with E-state index in [0.717, 1.165) is 11.3 Å². The van der Waals surface area contributed by atoms with Crippen LogP contribution in [0.5, 0.6) is 5.75 Å². The van der Waals surface area contributed by atoms with Gasteiger partial charge >= 0.3 is 0 Å². The molecule has 0 bridgehead atoms. The van der Waals surface area contributed by atoms with E-state index in [2.05, 4.69) is 16.0 Å². The van der Waals surface area contributed by atoms with Gasteiger partial charge in [-0.15, -0.1) is 0 Å². The summed E-state index contributed by atoms with van der Waals surface area (Å²) in [5.74, 6) is 0.220. The van der Waals surface area contributed by atoms with Gasteiger partial charge in [-0.1, -0.05) is 35.9 Å². The van der Waals surface area contributed by atoms with Gasteiger partial charge in [0.15, 0.2) is 0 Å². The minimum atomic E-state index is -0.773. The Bertz CT molecular complexity index is 893. The SMILES string of the molecule is COc1ccc(CNC(=O)CNC(=O)C(CCSC)NC(=O)c2ccccc2Cl)cc1. The van der Waals surface area contributed by atoms with Crippen molar-refractivity contribution < 1.29 is 19.1 Å². The lowest BCUT2D eigenvalue weighted by Crippen LogP contribution is -2.49. The summed E-state index contributed by atoms with van der Waals surface area (Å²) < 4.78 is 5.10. The monoisotopic (exact) mass is 463 g/mol. The maximum absolute atomic E-state index is 12.6. The third kappa shape index (κ3) is 8.15. The lowest BCUT2D eigenvalue weighted by atomic mass is 10.1. The second kappa shape index (κ2) is 12.9. The fourth-order valence-electron chi connectivity index (χ4n) is 2.68. The van der Waals surface area contributed by atoms with Crippen LogP contribution in [0, 0.1) is 0 Å². The van der Waals surface area contributed by atoms with Crippen LogP contribution in [-0.2, 0) is 16.1 Å². The van der Waals surface area contributed by atoms with Gasteiger partial charge in [0.1, 0.15) is 11.8 Å². The van der Waals surface area contributed by atoms with E-state index in [4.69, 9.17) is 16.3 Å². The van der Waals surface area contributed by atoms with Gasteiger partial charge in [-0.25, -0.2) is 0 Å². The lowest BCUT2D eigenvalue weighted by molar-refractivity contribution is -0.127. The number of carbonyl (C=O) groups excluding carboxylic acids is 3. The molecule has 0 radical (unpaired) electrons. The van der Waals surface area contributed by atoms with Crippen molar-refractivity contribution in [3.05, 3.63) is 64.7 Å². The standard InChI is InChI=1S/C22H26ClN3O4S/c1-30-16-9-7-15(8-10-16)13-24-20(27)14-25-22(29)19(11-12-31-2)26-21(28)17-5-3-4-6-18(17)23/h3-10,19H,11-14H2,1-2H3,(H,24,27)(H,25,29)(H,26,28). The largest absolute Gasteiger partial charge is 0.497 e. The zero-order chi connectivity index (χ0) is 22.6. The number of hydrogen-bond donors (Lipinski definition) is 3. The van der Waals surface area contributed by atoms with Crippen molar-refractivity contribution in [2.75, 3.05) is 25.7 Å². The second-order valence-electron chi connectivity index (χ2n) is 6.63. The smallest absolute Gasteiger partial charge is 0.253 e. The maximum atomic E-state index is 12.6. The molecule has 0 aliphatic heterocycles. The highest BCUT2D eigenvalue weighted by atomic mass is 35.5. The average molecular weight is 464 g/mol. The van der Waals surface area contributed by atoms with Crippen LogP contribution >= 0.6 is 23.4 Å². The third-order valence-corrected chi connectivity index (χ3v) is 5.40. The fourth-order valence-corrected chi connectivity index (χ4v) is 3.38. The second-order valence-corrected chi connectivity index (χ2v) is 8.02. The summed E-state index contributed by atoms with van der Waals surface area (Å²) in [4.78, 5) is 37.2. The Balaban J connectivity index is 1.86. The van der Waals surface area contributed by atoms with Crippen molar-refractivity contribution >= 4 is 41.1 Å². The third-order valence-electron chi connectivity index (χ3n) is 4.42. The molecule has 0 saturated heterocycles. The first-order chi connectivity index (χ1) is 14.9. The van der Waals surface area contributed by atoms with E-state index in [0.29, 0.717) is 29.3 Å². The molecule has 0 aliphatic rings. The minimum absolute atomic E-state index is 0.188. The van der Waals surface area contributed by atoms with Crippen molar-refractivity contribution in [2.45, 2.75) is 19.0 Å². The van der Waals surface area contributed by atoms with Crippen LogP contribution in [0.25, 0.3) is 0 Å². The number of amides is 3. The predicted molar refractivity (Wildman–Crippen MR) is 124 cm³/mol. The van der Waals surface area contributed by atoms with Crippen LogP contribution in [0.2, 0.25) is 5.02 Å². The van der Waals surface area contributed by atoms with Crippen LogP contribution < -0.4 is 20.7 Å². The van der Waals surface area contributed by atoms with Crippen LogP contribution in [-0.4, -0.2) is 49.4 Å². The Kier molecular flexibility index (Phi) is 10.2. The van der Waals surface area contributed by atoms with Crippen molar-refractivity contribution in [1.29, 1.82) is 0 Å². The molecular weight excluding hydrogens is 438 g/mol. The quantitative estimate of drug-likeness (QED) is 0.476. The molecule has 2 rings (SSSR count). The molecule has 2 aromatic carbocycles. The number of rotatable bonds is 11. The molecule has 31 heavy (non-hydrogen) atoms. The molecule has 166 valence electrons. The van der Waals surface area contributed by atoms with E-state index >= 15 is 0 Å². The van der Waals surface area contributed by atoms with Crippen LogP contribution in [0.4, 0.5) is 0 Å². The molecule has 7 nitrogen and oxygen atoms in total. The van der Waals surface area contributed by atoms with Crippen molar-refractivity contribution in [3.63, 3.8) is 0 Å². The molecule has 0 aromatic heterocycles. The molecule has 0 aliphatic carbocycles. The number of ether oxygens (including phenoxy) is 1. The van der Waals surface area contributed by atoms with Gasteiger partial charge in [0, 0.05) is 6.54 Å². The zero-order valence-corrected chi connectivity index (χ0v) is 19.0. The molecule has 1 atom stereocenters. The van der Waals surface area contributed by atoms with Crippen LogP contribution in [0.15, 0.2) is 48.5 Å². The van der Waals surface area contributed by atoms with Gasteiger partial charge in [-0.2, -0.15) is 11.8 Å². The molecular formula is C22H26ClN3O4S. The van der Waals surface area contributed by atoms with Gasteiger partial charge in [-0.05, 0) is 48.3 Å². The summed E-state index contributed by atoms with van der Waals surface area (Å²) in [5, 5.41) is 8.35. The number of halogens is 1. The van der Waals surface area contributed by atoms with Crippen molar-refractivity contribution in [3.8, 4) is 5.75 Å². The molecule has 9 heteroatoms. The van der Waals surface area contributed by atoms with Gasteiger partial charge in [-0.3, -0.25) is 14.4 Å². The summed E-state index contributed by atoms with van der Waals surface area (Å²) in [7, 11) is 1.59. The van der Waals surface area contributed by atoms with Gasteiger partial charge < -0.3 is 20.7 Å². The number of thioether (sulfide) groups is 1. The number of carbonyl (C=O) groups is 3. The molecule has 3 N–H and O–H groups in total. The molecule has 0 heterocycles. The first-order valence-electron chi connectivity index (χ1n) is 9.66. The molecule has 0 fully saturated rings. The zero-order valence-electron chi connectivity index (χ0n) is 17.4. The number of nitrogens with one attached hydrogen (secondary N) is 3. The summed E-state index contributed by atoms with van der Waals surface area (Å²) in [5.41, 5.74) is 1.20. The fraction of sp³-hybridized carbons (Fsp3) is 0.318. The summed E-state index contributed by atoms with van der Waals surface area (Å²) in [6.07, 6.45) is 2.34. The molecule has 0 saturated carbocycles. The number of hydrogen-bond acceptors (Lipinski definition) is 5. The normalized spacial score (nSPS) is 11.3. The number of methoxy groups -OCH3 is 1. The van der Waals surface area contributed by atoms with E-state index < -0.39 is 17.9 Å². The lowest BCUT2D eigenvalue weighted by Gasteiger charge is -2.18. The van der Waals surface area contributed by atoms with Crippen LogP contribution in [0.3, 0.4) is 0 Å². The van der Waals surface area contributed by atoms with E-state index in [9.17, 15) is 14.4 Å². The molecule has 3 amide bonds. The summed E-state index contributed by atoms with van der Waals surface area (Å²) in [6.45, 7) is 0.143. The van der Waals surface area contributed by atoms with Crippen molar-refractivity contribution in [2.24, 2.45) is 0 Å². The molecule has 2 aromatic rings. The Hall–Kier alpha value is -2.71. The average Bonchev–Trinajstić information content (AvgIpc) is 2.79. The Morgan fingerprint density at radius 3 is 2.42 bits per heavy atom. The topological polar surface area (TPSA) is 96.5 Å². The van der Waals surface area contributed by atoms with Gasteiger partial charge in [0.2, 0.25) is 11.8 Å². The van der Waals surface area contributed by atoms with Gasteiger partial charge in [0.25, 0.3) is 5.91 Å². The maximum Gasteiger partial charge on any atom is 0.253 e. The first-order valence-corrected chi connectivity index (χ1v) is 11.4. The number of benzene rings is 2. The predicted octanol–water partition coefficient (Wildman–Crippen LogP) is 2.63. The van der Waals surface area contributed by atoms with Crippen molar-refractivity contribution in [1.82, 2.24) is 16.0 Å². The van der Waals surface area contributed by atoms with E-state index in [1.54, 1.807) is 55.3 Å². The van der Waals surface area contributed by atoms with Gasteiger partial charge in [0.05, 0.1) is 24.2 Å². The van der Waals surface area contributed by atoms with E-state index in [-0.39, 0.29) is 12.5 Å². The molecule has 1 unspecified atom stereocenters. The highest BCUT2D eigenvalue weighted by molar-refractivity contribution is 7.98. The summed E-state index contributed by atoms with van der Waals surface area (Å²) >= 11 is 7.63. The Morgan fingerprint density at radius 2 is 1.77 bits per heavy atom. The Labute approximate surface area is 191 Å². The highest BCUT2D eigenvalue weighted by Gasteiger charge is 2.22. The first kappa shape index (κ1) is 24.6. The van der Waals surface area contributed by atoms with E-state index in [1.807, 2.05) is 18.4 Å². The van der Waals surface area contributed by atoms with E-state index in [1.165, 1.54) is 0 Å². The highest BCUT2D eigenvalue weighted by Crippen LogP contribution is 2.15. The van der Waals surface area contributed by atoms with Crippen LogP contribution in [0.1, 0.15) is 22.3 Å². The minimum Gasteiger partial charge on any atom is -0.497 e. The Morgan fingerprint density at radius 1 is 1.06 bits per heavy atom. The summed E-state index contributed by atoms with van der Waals surface area (Å²) in [6, 6.07) is 13.2.